The van der Waals surface area contributed by atoms with E-state index < -0.39 is 15.9 Å². The summed E-state index contributed by atoms with van der Waals surface area (Å²) in [5.41, 5.74) is 6.52. The van der Waals surface area contributed by atoms with Crippen LogP contribution in [0.25, 0.3) is 0 Å². The van der Waals surface area contributed by atoms with E-state index in [0.29, 0.717) is 19.0 Å². The van der Waals surface area contributed by atoms with Gasteiger partial charge in [0.15, 0.2) is 0 Å². The van der Waals surface area contributed by atoms with E-state index in [4.69, 9.17) is 10.5 Å². The molecule has 2 bridgehead atoms. The van der Waals surface area contributed by atoms with Gasteiger partial charge in [-0.2, -0.15) is 4.31 Å². The summed E-state index contributed by atoms with van der Waals surface area (Å²) in [5, 5.41) is 0. The molecule has 0 spiro atoms. The van der Waals surface area contributed by atoms with Gasteiger partial charge in [0.2, 0.25) is 10.0 Å². The van der Waals surface area contributed by atoms with Crippen molar-refractivity contribution in [2.24, 2.45) is 5.73 Å². The molecular weight excluding hydrogens is 406 g/mol. The zero-order valence-corrected chi connectivity index (χ0v) is 17.4. The van der Waals surface area contributed by atoms with Crippen LogP contribution < -0.4 is 15.4 Å². The number of benzene rings is 1. The summed E-state index contributed by atoms with van der Waals surface area (Å²) in [6.07, 6.45) is 4.75. The summed E-state index contributed by atoms with van der Waals surface area (Å²) in [7, 11) is -2.34. The van der Waals surface area contributed by atoms with E-state index >= 15 is 0 Å². The first kappa shape index (κ1) is 19.3. The van der Waals surface area contributed by atoms with Gasteiger partial charge < -0.3 is 15.4 Å². The number of ether oxygens (including phenoxy) is 1. The molecule has 1 aromatic heterocycles. The van der Waals surface area contributed by atoms with E-state index in [1.807, 2.05) is 6.07 Å². The maximum atomic E-state index is 13.3. The molecule has 2 aromatic rings. The predicted octanol–water partition coefficient (Wildman–Crippen LogP) is 1.11. The third-order valence-electron chi connectivity index (χ3n) is 6.13. The zero-order chi connectivity index (χ0) is 21.0. The maximum absolute atomic E-state index is 13.3. The number of nitrogens with two attached hydrogens (primary N) is 1. The van der Waals surface area contributed by atoms with Gasteiger partial charge in [0.05, 0.1) is 17.6 Å². The first-order valence-electron chi connectivity index (χ1n) is 9.96. The van der Waals surface area contributed by atoms with Gasteiger partial charge in [-0.15, -0.1) is 0 Å². The molecule has 9 nitrogen and oxygen atoms in total. The SMILES string of the molecule is COc1ccc(S(=O)(=O)N2C3CC2CN(c2cc(C4CC4)ncn2)C3)cc1C(N)=O. The topological polar surface area (TPSA) is 119 Å². The van der Waals surface area contributed by atoms with Crippen LogP contribution in [0, 0.1) is 0 Å². The van der Waals surface area contributed by atoms with Crippen LogP contribution in [0.2, 0.25) is 0 Å². The van der Waals surface area contributed by atoms with Crippen LogP contribution in [0.1, 0.15) is 41.2 Å². The van der Waals surface area contributed by atoms with Crippen molar-refractivity contribution in [3.8, 4) is 5.75 Å². The van der Waals surface area contributed by atoms with Gasteiger partial charge in [-0.1, -0.05) is 0 Å². The predicted molar refractivity (Wildman–Crippen MR) is 109 cm³/mol. The highest BCUT2D eigenvalue weighted by atomic mass is 32.2. The van der Waals surface area contributed by atoms with Crippen molar-refractivity contribution in [1.29, 1.82) is 0 Å². The fourth-order valence-electron chi connectivity index (χ4n) is 4.45. The van der Waals surface area contributed by atoms with Gasteiger partial charge in [-0.3, -0.25) is 4.79 Å². The van der Waals surface area contributed by atoms with Crippen molar-refractivity contribution in [2.75, 3.05) is 25.1 Å². The monoisotopic (exact) mass is 429 g/mol. The number of sulfonamides is 1. The maximum Gasteiger partial charge on any atom is 0.252 e. The second-order valence-corrected chi connectivity index (χ2v) is 9.93. The molecule has 10 heteroatoms. The molecule has 2 atom stereocenters. The van der Waals surface area contributed by atoms with Crippen molar-refractivity contribution in [1.82, 2.24) is 14.3 Å². The Hall–Kier alpha value is -2.72. The molecule has 1 amide bonds. The number of rotatable bonds is 6. The van der Waals surface area contributed by atoms with Crippen LogP contribution in [0.5, 0.6) is 5.75 Å². The molecule has 30 heavy (non-hydrogen) atoms. The molecule has 2 N–H and O–H groups in total. The van der Waals surface area contributed by atoms with E-state index in [0.717, 1.165) is 17.9 Å². The standard InChI is InChI=1S/C20H23N5O4S/c1-29-18-5-4-15(7-16(18)20(21)26)30(27,28)25-13-6-14(25)10-24(9-13)19-8-17(12-2-3-12)22-11-23-19/h4-5,7-8,11-14H,2-3,6,9-10H2,1H3,(H2,21,26). The molecule has 4 fully saturated rings. The molecule has 4 aliphatic rings. The molecular formula is C20H23N5O4S. The van der Waals surface area contributed by atoms with E-state index in [2.05, 4.69) is 14.9 Å². The Balaban J connectivity index is 1.38. The van der Waals surface area contributed by atoms with E-state index in [-0.39, 0.29) is 28.3 Å². The lowest BCUT2D eigenvalue weighted by atomic mass is 9.91. The lowest BCUT2D eigenvalue weighted by molar-refractivity contribution is 0.0874. The Morgan fingerprint density at radius 3 is 2.53 bits per heavy atom. The Morgan fingerprint density at radius 1 is 1.17 bits per heavy atom. The van der Waals surface area contributed by atoms with E-state index in [1.54, 1.807) is 10.6 Å². The average molecular weight is 430 g/mol. The van der Waals surface area contributed by atoms with Gasteiger partial charge in [0, 0.05) is 42.9 Å². The number of anilines is 1. The molecule has 0 radical (unpaired) electrons. The zero-order valence-electron chi connectivity index (χ0n) is 16.6. The van der Waals surface area contributed by atoms with Crippen molar-refractivity contribution in [3.63, 3.8) is 0 Å². The summed E-state index contributed by atoms with van der Waals surface area (Å²) in [4.78, 5) is 22.7. The number of primary amides is 1. The number of carbonyl (C=O) groups excluding carboxylic acids is 1. The molecule has 6 rings (SSSR count). The Kier molecular flexibility index (Phi) is 4.44. The van der Waals surface area contributed by atoms with E-state index in [9.17, 15) is 13.2 Å². The number of aromatic nitrogens is 2. The molecule has 158 valence electrons. The van der Waals surface area contributed by atoms with Crippen molar-refractivity contribution < 1.29 is 17.9 Å². The Bertz CT molecular complexity index is 1110. The van der Waals surface area contributed by atoms with Crippen molar-refractivity contribution >= 4 is 21.7 Å². The molecule has 1 aliphatic carbocycles. The van der Waals surface area contributed by atoms with Gasteiger partial charge >= 0.3 is 0 Å². The quantitative estimate of drug-likeness (QED) is 0.731. The first-order valence-corrected chi connectivity index (χ1v) is 11.4. The Morgan fingerprint density at radius 2 is 1.90 bits per heavy atom. The number of amides is 1. The van der Waals surface area contributed by atoms with Crippen LogP contribution in [0.15, 0.2) is 35.5 Å². The van der Waals surface area contributed by atoms with Crippen LogP contribution >= 0.6 is 0 Å². The van der Waals surface area contributed by atoms with Gasteiger partial charge in [-0.25, -0.2) is 18.4 Å². The van der Waals surface area contributed by atoms with E-state index in [1.165, 1.54) is 38.2 Å². The largest absolute Gasteiger partial charge is 0.496 e. The average Bonchev–Trinajstić information content (AvgIpc) is 3.58. The fraction of sp³-hybridized carbons (Fsp3) is 0.450. The smallest absolute Gasteiger partial charge is 0.252 e. The van der Waals surface area contributed by atoms with Crippen LogP contribution in [0.3, 0.4) is 0 Å². The summed E-state index contributed by atoms with van der Waals surface area (Å²) >= 11 is 0. The van der Waals surface area contributed by atoms with Crippen LogP contribution in [-0.4, -0.2) is 60.9 Å². The minimum absolute atomic E-state index is 0.0540. The highest BCUT2D eigenvalue weighted by molar-refractivity contribution is 7.89. The third kappa shape index (κ3) is 3.10. The molecule has 1 aromatic carbocycles. The van der Waals surface area contributed by atoms with Crippen LogP contribution in [-0.2, 0) is 10.0 Å². The van der Waals surface area contributed by atoms with Crippen molar-refractivity contribution in [2.45, 2.75) is 42.2 Å². The summed E-state index contributed by atoms with van der Waals surface area (Å²) < 4.78 is 33.2. The number of fused-ring (bicyclic) bond motifs is 2. The normalized spacial score (nSPS) is 23.7. The van der Waals surface area contributed by atoms with Crippen molar-refractivity contribution in [3.05, 3.63) is 41.9 Å². The lowest BCUT2D eigenvalue weighted by Gasteiger charge is -2.55. The minimum Gasteiger partial charge on any atom is -0.496 e. The number of methoxy groups -OCH3 is 1. The van der Waals surface area contributed by atoms with Crippen LogP contribution in [0.4, 0.5) is 5.82 Å². The first-order chi connectivity index (χ1) is 14.4. The summed E-state index contributed by atoms with van der Waals surface area (Å²) in [5.74, 6) is 0.928. The number of nitrogens with zero attached hydrogens (tertiary/aromatic N) is 4. The number of hydrogen-bond donors (Lipinski definition) is 1. The second kappa shape index (κ2) is 6.92. The highest BCUT2D eigenvalue weighted by Crippen LogP contribution is 2.42. The number of hydrogen-bond acceptors (Lipinski definition) is 7. The third-order valence-corrected chi connectivity index (χ3v) is 8.13. The summed E-state index contributed by atoms with van der Waals surface area (Å²) in [6, 6.07) is 5.99. The number of piperidine rings is 1. The second-order valence-electron chi connectivity index (χ2n) is 8.08. The highest BCUT2D eigenvalue weighted by Gasteiger charge is 2.51. The summed E-state index contributed by atoms with van der Waals surface area (Å²) in [6.45, 7) is 1.16. The molecule has 3 saturated heterocycles. The van der Waals surface area contributed by atoms with Gasteiger partial charge in [0.25, 0.3) is 5.91 Å². The lowest BCUT2D eigenvalue weighted by Crippen LogP contribution is -2.70. The van der Waals surface area contributed by atoms with Gasteiger partial charge in [-0.05, 0) is 37.5 Å². The minimum atomic E-state index is -3.75. The number of piperazine rings is 1. The number of carbonyl (C=O) groups is 1. The molecule has 1 saturated carbocycles. The molecule has 4 heterocycles. The van der Waals surface area contributed by atoms with Gasteiger partial charge in [0.1, 0.15) is 17.9 Å². The molecule has 3 aliphatic heterocycles. The fourth-order valence-corrected chi connectivity index (χ4v) is 6.29. The molecule has 2 unspecified atom stereocenters. The Labute approximate surface area is 174 Å².